The van der Waals surface area contributed by atoms with Gasteiger partial charge in [-0.05, 0) is 29.7 Å². The molecule has 0 radical (unpaired) electrons. The minimum absolute atomic E-state index is 0.0300. The van der Waals surface area contributed by atoms with Crippen LogP contribution >= 0.6 is 11.8 Å². The topological polar surface area (TPSA) is 59.8 Å². The Kier molecular flexibility index (Phi) is 7.40. The summed E-state index contributed by atoms with van der Waals surface area (Å²) in [5.41, 5.74) is 1.37. The van der Waals surface area contributed by atoms with E-state index in [0.717, 1.165) is 29.5 Å². The van der Waals surface area contributed by atoms with Crippen molar-refractivity contribution in [3.05, 3.63) is 72.3 Å². The average Bonchev–Trinajstić information content (AvgIpc) is 3.15. The first-order valence-corrected chi connectivity index (χ1v) is 10.9. The standard InChI is InChI=1S/C23H23F3N4OS/c1-4-12-30-21(17-10-8-16(9-11-17)15(2)3)28-29-22(30)32-14-20(31)27-19-7-5-6-18(13-19)23(24,25)26/h4-11,13,15H,1,12,14H2,2-3H3,(H,27,31). The van der Waals surface area contributed by atoms with Gasteiger partial charge in [-0.2, -0.15) is 13.2 Å². The Morgan fingerprint density at radius 1 is 1.19 bits per heavy atom. The van der Waals surface area contributed by atoms with E-state index in [4.69, 9.17) is 0 Å². The largest absolute Gasteiger partial charge is 0.416 e. The van der Waals surface area contributed by atoms with Crippen molar-refractivity contribution in [2.45, 2.75) is 37.6 Å². The van der Waals surface area contributed by atoms with Crippen LogP contribution in [0.3, 0.4) is 0 Å². The van der Waals surface area contributed by atoms with Gasteiger partial charge < -0.3 is 5.32 Å². The molecule has 1 heterocycles. The molecule has 1 aromatic heterocycles. The molecule has 0 unspecified atom stereocenters. The van der Waals surface area contributed by atoms with Crippen LogP contribution in [0.4, 0.5) is 18.9 Å². The fourth-order valence-corrected chi connectivity index (χ4v) is 3.77. The molecule has 0 bridgehead atoms. The summed E-state index contributed by atoms with van der Waals surface area (Å²) < 4.78 is 40.4. The van der Waals surface area contributed by atoms with Crippen LogP contribution in [0.2, 0.25) is 0 Å². The number of alkyl halides is 3. The van der Waals surface area contributed by atoms with E-state index < -0.39 is 17.6 Å². The number of allylic oxidation sites excluding steroid dienone is 1. The van der Waals surface area contributed by atoms with Crippen LogP contribution in [0, 0.1) is 0 Å². The predicted octanol–water partition coefficient (Wildman–Crippen LogP) is 6.00. The number of carbonyl (C=O) groups is 1. The molecule has 0 atom stereocenters. The Hall–Kier alpha value is -3.07. The van der Waals surface area contributed by atoms with Crippen molar-refractivity contribution in [2.24, 2.45) is 0 Å². The lowest BCUT2D eigenvalue weighted by atomic mass is 10.0. The summed E-state index contributed by atoms with van der Waals surface area (Å²) in [7, 11) is 0. The number of carbonyl (C=O) groups excluding carboxylic acids is 1. The van der Waals surface area contributed by atoms with Gasteiger partial charge >= 0.3 is 6.18 Å². The van der Waals surface area contributed by atoms with Gasteiger partial charge in [0.05, 0.1) is 11.3 Å². The number of thioether (sulfide) groups is 1. The molecule has 0 spiro atoms. The molecular formula is C23H23F3N4OS. The molecule has 3 aromatic rings. The third-order valence-electron chi connectivity index (χ3n) is 4.67. The van der Waals surface area contributed by atoms with Gasteiger partial charge in [-0.25, -0.2) is 0 Å². The third kappa shape index (κ3) is 5.79. The Morgan fingerprint density at radius 2 is 1.91 bits per heavy atom. The number of benzene rings is 2. The van der Waals surface area contributed by atoms with Crippen LogP contribution in [0.15, 0.2) is 66.3 Å². The molecule has 1 N–H and O–H groups in total. The lowest BCUT2D eigenvalue weighted by Gasteiger charge is -2.11. The van der Waals surface area contributed by atoms with Gasteiger partial charge in [-0.1, -0.05) is 62.0 Å². The summed E-state index contributed by atoms with van der Waals surface area (Å²) in [6.07, 6.45) is -2.76. The van der Waals surface area contributed by atoms with E-state index in [0.29, 0.717) is 23.4 Å². The van der Waals surface area contributed by atoms with E-state index >= 15 is 0 Å². The molecule has 0 fully saturated rings. The number of hydrogen-bond donors (Lipinski definition) is 1. The zero-order valence-electron chi connectivity index (χ0n) is 17.7. The van der Waals surface area contributed by atoms with E-state index in [1.54, 1.807) is 6.08 Å². The number of amides is 1. The van der Waals surface area contributed by atoms with Crippen LogP contribution in [-0.4, -0.2) is 26.4 Å². The van der Waals surface area contributed by atoms with Gasteiger partial charge in [-0.15, -0.1) is 16.8 Å². The van der Waals surface area contributed by atoms with E-state index in [1.165, 1.54) is 17.7 Å². The van der Waals surface area contributed by atoms with Crippen molar-refractivity contribution < 1.29 is 18.0 Å². The highest BCUT2D eigenvalue weighted by molar-refractivity contribution is 7.99. The highest BCUT2D eigenvalue weighted by atomic mass is 32.2. The maximum absolute atomic E-state index is 12.9. The summed E-state index contributed by atoms with van der Waals surface area (Å²) in [5, 5.41) is 11.5. The molecule has 0 aliphatic rings. The number of nitrogens with one attached hydrogen (secondary N) is 1. The van der Waals surface area contributed by atoms with Gasteiger partial charge in [-0.3, -0.25) is 9.36 Å². The number of aromatic nitrogens is 3. The Labute approximate surface area is 188 Å². The SMILES string of the molecule is C=CCn1c(SCC(=O)Nc2cccc(C(F)(F)F)c2)nnc1-c1ccc(C(C)C)cc1. The normalized spacial score (nSPS) is 11.6. The molecule has 9 heteroatoms. The second kappa shape index (κ2) is 10.0. The number of anilines is 1. The highest BCUT2D eigenvalue weighted by Crippen LogP contribution is 2.31. The van der Waals surface area contributed by atoms with Crippen molar-refractivity contribution in [2.75, 3.05) is 11.1 Å². The molecule has 0 saturated heterocycles. The summed E-state index contributed by atoms with van der Waals surface area (Å²) in [4.78, 5) is 12.3. The Balaban J connectivity index is 1.71. The van der Waals surface area contributed by atoms with Crippen LogP contribution < -0.4 is 5.32 Å². The molecule has 1 amide bonds. The monoisotopic (exact) mass is 460 g/mol. The number of halogens is 3. The molecule has 168 valence electrons. The first-order chi connectivity index (χ1) is 15.2. The van der Waals surface area contributed by atoms with Gasteiger partial charge in [0.15, 0.2) is 11.0 Å². The number of hydrogen-bond acceptors (Lipinski definition) is 4. The van der Waals surface area contributed by atoms with Crippen LogP contribution in [0.25, 0.3) is 11.4 Å². The van der Waals surface area contributed by atoms with Gasteiger partial charge in [0.2, 0.25) is 5.91 Å². The molecule has 0 aliphatic heterocycles. The Bertz CT molecular complexity index is 1090. The molecule has 3 rings (SSSR count). The quantitative estimate of drug-likeness (QED) is 0.331. The average molecular weight is 461 g/mol. The fraction of sp³-hybridized carbons (Fsp3) is 0.261. The van der Waals surface area contributed by atoms with Crippen molar-refractivity contribution in [3.8, 4) is 11.4 Å². The number of nitrogens with zero attached hydrogens (tertiary/aromatic N) is 3. The molecule has 5 nitrogen and oxygen atoms in total. The first-order valence-electron chi connectivity index (χ1n) is 9.93. The van der Waals surface area contributed by atoms with E-state index in [9.17, 15) is 18.0 Å². The lowest BCUT2D eigenvalue weighted by Crippen LogP contribution is -2.15. The van der Waals surface area contributed by atoms with Crippen molar-refractivity contribution >= 4 is 23.4 Å². The van der Waals surface area contributed by atoms with Gasteiger partial charge in [0.1, 0.15) is 0 Å². The molecule has 0 aliphatic carbocycles. The minimum Gasteiger partial charge on any atom is -0.325 e. The van der Waals surface area contributed by atoms with E-state index in [1.807, 2.05) is 28.8 Å². The fourth-order valence-electron chi connectivity index (χ4n) is 3.02. The van der Waals surface area contributed by atoms with Crippen LogP contribution in [0.5, 0.6) is 0 Å². The van der Waals surface area contributed by atoms with Crippen molar-refractivity contribution in [1.29, 1.82) is 0 Å². The van der Waals surface area contributed by atoms with Crippen LogP contribution in [-0.2, 0) is 17.5 Å². The summed E-state index contributed by atoms with van der Waals surface area (Å²) in [6.45, 7) is 8.46. The second-order valence-corrected chi connectivity index (χ2v) is 8.34. The number of rotatable bonds is 8. The second-order valence-electron chi connectivity index (χ2n) is 7.40. The maximum atomic E-state index is 12.9. The summed E-state index contributed by atoms with van der Waals surface area (Å²) in [6, 6.07) is 12.6. The lowest BCUT2D eigenvalue weighted by molar-refractivity contribution is -0.137. The summed E-state index contributed by atoms with van der Waals surface area (Å²) in [5.74, 6) is 0.598. The third-order valence-corrected chi connectivity index (χ3v) is 5.64. The summed E-state index contributed by atoms with van der Waals surface area (Å²) >= 11 is 1.15. The highest BCUT2D eigenvalue weighted by Gasteiger charge is 2.30. The zero-order valence-corrected chi connectivity index (χ0v) is 18.5. The predicted molar refractivity (Wildman–Crippen MR) is 121 cm³/mol. The maximum Gasteiger partial charge on any atom is 0.416 e. The first kappa shape index (κ1) is 23.6. The molecule has 0 saturated carbocycles. The van der Waals surface area contributed by atoms with Gasteiger partial charge in [0, 0.05) is 17.8 Å². The van der Waals surface area contributed by atoms with E-state index in [2.05, 4.69) is 35.9 Å². The Morgan fingerprint density at radius 3 is 2.53 bits per heavy atom. The smallest absolute Gasteiger partial charge is 0.325 e. The van der Waals surface area contributed by atoms with Gasteiger partial charge in [0.25, 0.3) is 0 Å². The zero-order chi connectivity index (χ0) is 23.3. The molecule has 32 heavy (non-hydrogen) atoms. The van der Waals surface area contributed by atoms with Crippen molar-refractivity contribution in [1.82, 2.24) is 14.8 Å². The van der Waals surface area contributed by atoms with E-state index in [-0.39, 0.29) is 11.4 Å². The molecule has 2 aromatic carbocycles. The minimum atomic E-state index is -4.47. The molecular weight excluding hydrogens is 437 g/mol. The van der Waals surface area contributed by atoms with Crippen molar-refractivity contribution in [3.63, 3.8) is 0 Å². The van der Waals surface area contributed by atoms with Crippen LogP contribution in [0.1, 0.15) is 30.9 Å².